The molecule has 0 radical (unpaired) electrons. The third kappa shape index (κ3) is 3.86. The molecular weight excluding hydrogens is 368 g/mol. The first-order valence-electron chi connectivity index (χ1n) is 7.14. The summed E-state index contributed by atoms with van der Waals surface area (Å²) in [4.78, 5) is 4.39. The quantitative estimate of drug-likeness (QED) is 0.701. The molecule has 0 unspecified atom stereocenters. The summed E-state index contributed by atoms with van der Waals surface area (Å²) in [5, 5.41) is 23.0. The van der Waals surface area contributed by atoms with Crippen LogP contribution in [0.4, 0.5) is 23.1 Å². The zero-order valence-electron chi connectivity index (χ0n) is 12.8. The predicted molar refractivity (Wildman–Crippen MR) is 96.4 cm³/mol. The van der Waals surface area contributed by atoms with Crippen LogP contribution in [0.1, 0.15) is 11.1 Å². The minimum atomic E-state index is 0.398. The smallest absolute Gasteiger partial charge is 0.249 e. The molecule has 7 heteroatoms. The van der Waals surface area contributed by atoms with Gasteiger partial charge in [0.1, 0.15) is 0 Å². The Hall–Kier alpha value is -2.98. The van der Waals surface area contributed by atoms with Crippen molar-refractivity contribution in [3.63, 3.8) is 0 Å². The van der Waals surface area contributed by atoms with Gasteiger partial charge < -0.3 is 10.6 Å². The molecule has 118 valence electrons. The summed E-state index contributed by atoms with van der Waals surface area (Å²) in [7, 11) is 0. The molecule has 0 amide bonds. The average Bonchev–Trinajstić information content (AvgIpc) is 2.59. The highest BCUT2D eigenvalue weighted by atomic mass is 79.9. The van der Waals surface area contributed by atoms with Crippen LogP contribution in [0.3, 0.4) is 0 Å². The van der Waals surface area contributed by atoms with Crippen molar-refractivity contribution in [2.75, 3.05) is 10.6 Å². The van der Waals surface area contributed by atoms with Gasteiger partial charge in [-0.25, -0.2) is 0 Å². The molecule has 6 nitrogen and oxygen atoms in total. The van der Waals surface area contributed by atoms with Crippen LogP contribution in [-0.4, -0.2) is 15.2 Å². The van der Waals surface area contributed by atoms with E-state index in [1.54, 1.807) is 12.1 Å². The monoisotopic (exact) mass is 380 g/mol. The van der Waals surface area contributed by atoms with E-state index in [1.807, 2.05) is 37.3 Å². The number of nitriles is 1. The Bertz CT molecular complexity index is 902. The number of rotatable bonds is 4. The maximum Gasteiger partial charge on any atom is 0.249 e. The number of anilines is 4. The molecule has 0 fully saturated rings. The van der Waals surface area contributed by atoms with Gasteiger partial charge in [0, 0.05) is 15.8 Å². The largest absolute Gasteiger partial charge is 0.339 e. The van der Waals surface area contributed by atoms with Gasteiger partial charge in [-0.05, 0) is 55.0 Å². The van der Waals surface area contributed by atoms with Gasteiger partial charge in [-0.1, -0.05) is 15.9 Å². The molecule has 0 aliphatic rings. The highest BCUT2D eigenvalue weighted by molar-refractivity contribution is 9.10. The summed E-state index contributed by atoms with van der Waals surface area (Å²) in [6, 6.07) is 15.1. The lowest BCUT2D eigenvalue weighted by Crippen LogP contribution is -2.02. The summed E-state index contributed by atoms with van der Waals surface area (Å²) in [5.74, 6) is 0.960. The number of aryl methyl sites for hydroxylation is 1. The number of nitrogens with one attached hydrogen (secondary N) is 2. The number of hydrogen-bond acceptors (Lipinski definition) is 6. The fraction of sp³-hybridized carbons (Fsp3) is 0.0588. The van der Waals surface area contributed by atoms with Gasteiger partial charge in [0.05, 0.1) is 17.8 Å². The maximum absolute atomic E-state index is 8.82. The van der Waals surface area contributed by atoms with Crippen LogP contribution < -0.4 is 10.6 Å². The van der Waals surface area contributed by atoms with Crippen molar-refractivity contribution in [1.29, 1.82) is 5.26 Å². The van der Waals surface area contributed by atoms with Gasteiger partial charge in [0.2, 0.25) is 5.95 Å². The molecule has 0 spiro atoms. The second-order valence-corrected chi connectivity index (χ2v) is 5.92. The highest BCUT2D eigenvalue weighted by Crippen LogP contribution is 2.22. The molecule has 24 heavy (non-hydrogen) atoms. The van der Waals surface area contributed by atoms with E-state index in [-0.39, 0.29) is 0 Å². The third-order valence-electron chi connectivity index (χ3n) is 3.26. The van der Waals surface area contributed by atoms with Gasteiger partial charge in [-0.3, -0.25) is 0 Å². The minimum Gasteiger partial charge on any atom is -0.339 e. The molecule has 2 aromatic carbocycles. The van der Waals surface area contributed by atoms with Gasteiger partial charge in [-0.2, -0.15) is 15.3 Å². The van der Waals surface area contributed by atoms with Crippen LogP contribution in [0.5, 0.6) is 0 Å². The van der Waals surface area contributed by atoms with Crippen LogP contribution in [-0.2, 0) is 0 Å². The van der Waals surface area contributed by atoms with Crippen LogP contribution >= 0.6 is 15.9 Å². The van der Waals surface area contributed by atoms with E-state index >= 15 is 0 Å². The Kier molecular flexibility index (Phi) is 4.68. The zero-order chi connectivity index (χ0) is 16.9. The molecule has 0 saturated heterocycles. The Labute approximate surface area is 147 Å². The molecule has 3 aromatic rings. The molecule has 2 N–H and O–H groups in total. The Morgan fingerprint density at radius 3 is 2.50 bits per heavy atom. The molecule has 0 aliphatic carbocycles. The SMILES string of the molecule is Cc1cc(Nc2nncc(Nc3ccc(C#N)cc3)n2)ccc1Br. The molecule has 0 bridgehead atoms. The minimum absolute atomic E-state index is 0.398. The van der Waals surface area contributed by atoms with Crippen LogP contribution in [0.15, 0.2) is 53.1 Å². The lowest BCUT2D eigenvalue weighted by atomic mass is 10.2. The van der Waals surface area contributed by atoms with E-state index in [0.717, 1.165) is 21.4 Å². The van der Waals surface area contributed by atoms with Gasteiger partial charge in [-0.15, -0.1) is 5.10 Å². The molecule has 0 atom stereocenters. The second kappa shape index (κ2) is 7.06. The van der Waals surface area contributed by atoms with Crippen molar-refractivity contribution in [2.24, 2.45) is 0 Å². The van der Waals surface area contributed by atoms with E-state index in [4.69, 9.17) is 5.26 Å². The summed E-state index contributed by atoms with van der Waals surface area (Å²) in [6.45, 7) is 2.01. The molecular formula is C17H13BrN6. The molecule has 0 saturated carbocycles. The van der Waals surface area contributed by atoms with Gasteiger partial charge in [0.15, 0.2) is 5.82 Å². The van der Waals surface area contributed by atoms with Crippen LogP contribution in [0.2, 0.25) is 0 Å². The average molecular weight is 381 g/mol. The number of halogens is 1. The third-order valence-corrected chi connectivity index (χ3v) is 4.15. The van der Waals surface area contributed by atoms with E-state index in [0.29, 0.717) is 17.3 Å². The van der Waals surface area contributed by atoms with Crippen molar-refractivity contribution >= 4 is 39.1 Å². The Morgan fingerprint density at radius 1 is 1.04 bits per heavy atom. The van der Waals surface area contributed by atoms with Crippen molar-refractivity contribution in [3.05, 3.63) is 64.3 Å². The van der Waals surface area contributed by atoms with Gasteiger partial charge in [0.25, 0.3) is 0 Å². The van der Waals surface area contributed by atoms with E-state index in [9.17, 15) is 0 Å². The summed E-state index contributed by atoms with van der Waals surface area (Å²) in [5.41, 5.74) is 3.42. The number of nitrogens with zero attached hydrogens (tertiary/aromatic N) is 4. The van der Waals surface area contributed by atoms with E-state index < -0.39 is 0 Å². The maximum atomic E-state index is 8.82. The standard InChI is InChI=1S/C17H13BrN6/c1-11-8-14(6-7-15(11)18)22-17-23-16(10-20-24-17)21-13-4-2-12(9-19)3-5-13/h2-8,10H,1H3,(H2,21,22,23,24). The summed E-state index contributed by atoms with van der Waals surface area (Å²) in [6.07, 6.45) is 1.54. The topological polar surface area (TPSA) is 86.5 Å². The Balaban J connectivity index is 1.75. The molecule has 3 rings (SSSR count). The van der Waals surface area contributed by atoms with Crippen molar-refractivity contribution in [3.8, 4) is 6.07 Å². The number of benzene rings is 2. The summed E-state index contributed by atoms with van der Waals surface area (Å²) >= 11 is 3.47. The van der Waals surface area contributed by atoms with Crippen molar-refractivity contribution in [1.82, 2.24) is 15.2 Å². The summed E-state index contributed by atoms with van der Waals surface area (Å²) < 4.78 is 1.04. The van der Waals surface area contributed by atoms with Gasteiger partial charge >= 0.3 is 0 Å². The molecule has 1 heterocycles. The molecule has 0 aliphatic heterocycles. The van der Waals surface area contributed by atoms with Crippen molar-refractivity contribution in [2.45, 2.75) is 6.92 Å². The lowest BCUT2D eigenvalue weighted by molar-refractivity contribution is 0.982. The van der Waals surface area contributed by atoms with Crippen LogP contribution in [0.25, 0.3) is 0 Å². The van der Waals surface area contributed by atoms with E-state index in [1.165, 1.54) is 6.20 Å². The fourth-order valence-corrected chi connectivity index (χ4v) is 2.29. The fourth-order valence-electron chi connectivity index (χ4n) is 2.04. The lowest BCUT2D eigenvalue weighted by Gasteiger charge is -2.08. The van der Waals surface area contributed by atoms with E-state index in [2.05, 4.69) is 47.8 Å². The second-order valence-electron chi connectivity index (χ2n) is 5.07. The zero-order valence-corrected chi connectivity index (χ0v) is 14.4. The first kappa shape index (κ1) is 15.9. The number of hydrogen-bond donors (Lipinski definition) is 2. The Morgan fingerprint density at radius 2 is 1.79 bits per heavy atom. The first-order chi connectivity index (χ1) is 11.6. The highest BCUT2D eigenvalue weighted by Gasteiger charge is 2.04. The van der Waals surface area contributed by atoms with Crippen molar-refractivity contribution < 1.29 is 0 Å². The van der Waals surface area contributed by atoms with Crippen LogP contribution in [0, 0.1) is 18.3 Å². The first-order valence-corrected chi connectivity index (χ1v) is 7.93. The number of aromatic nitrogens is 3. The predicted octanol–water partition coefficient (Wildman–Crippen LogP) is 4.30. The normalized spacial score (nSPS) is 10.0. The molecule has 1 aromatic heterocycles.